The van der Waals surface area contributed by atoms with Crippen LogP contribution in [0.3, 0.4) is 0 Å². The van der Waals surface area contributed by atoms with Gasteiger partial charge in [0.25, 0.3) is 0 Å². The molecule has 1 saturated heterocycles. The number of halogens is 2. The van der Waals surface area contributed by atoms with Crippen molar-refractivity contribution in [2.45, 2.75) is 12.5 Å². The summed E-state index contributed by atoms with van der Waals surface area (Å²) in [5.74, 6) is 0.349. The lowest BCUT2D eigenvalue weighted by Crippen LogP contribution is -2.21. The van der Waals surface area contributed by atoms with Gasteiger partial charge in [-0.1, -0.05) is 22.0 Å². The minimum absolute atomic E-state index is 0.135. The Morgan fingerprint density at radius 1 is 1.56 bits per heavy atom. The Bertz CT molecular complexity index is 383. The van der Waals surface area contributed by atoms with E-state index in [0.29, 0.717) is 12.5 Å². The third-order valence-electron chi connectivity index (χ3n) is 3.29. The van der Waals surface area contributed by atoms with E-state index in [1.165, 1.54) is 6.07 Å². The molecule has 2 N–H and O–H groups in total. The summed E-state index contributed by atoms with van der Waals surface area (Å²) in [7, 11) is 2.03. The number of likely N-dealkylation sites (tertiary alicyclic amines) is 1. The summed E-state index contributed by atoms with van der Waals surface area (Å²) >= 11 is 3.27. The first-order chi connectivity index (χ1) is 7.61. The summed E-state index contributed by atoms with van der Waals surface area (Å²) in [5.41, 5.74) is 6.45. The van der Waals surface area contributed by atoms with Crippen molar-refractivity contribution in [3.8, 4) is 0 Å². The van der Waals surface area contributed by atoms with Gasteiger partial charge in [-0.05, 0) is 38.1 Å². The third-order valence-corrected chi connectivity index (χ3v) is 3.78. The zero-order chi connectivity index (χ0) is 11.7. The fourth-order valence-electron chi connectivity index (χ4n) is 2.41. The summed E-state index contributed by atoms with van der Waals surface area (Å²) in [5, 5.41) is 0. The maximum absolute atomic E-state index is 13.8. The van der Waals surface area contributed by atoms with Crippen LogP contribution in [0, 0.1) is 11.7 Å². The minimum Gasteiger partial charge on any atom is -0.330 e. The van der Waals surface area contributed by atoms with Crippen LogP contribution in [-0.2, 0) is 0 Å². The lowest BCUT2D eigenvalue weighted by Gasteiger charge is -2.20. The van der Waals surface area contributed by atoms with Crippen LogP contribution >= 0.6 is 15.9 Å². The van der Waals surface area contributed by atoms with Gasteiger partial charge in [-0.25, -0.2) is 4.39 Å². The van der Waals surface area contributed by atoms with Crippen LogP contribution in [0.2, 0.25) is 0 Å². The van der Waals surface area contributed by atoms with Gasteiger partial charge in [0, 0.05) is 22.6 Å². The molecule has 2 rings (SSSR count). The second kappa shape index (κ2) is 4.82. The molecule has 0 saturated carbocycles. The van der Waals surface area contributed by atoms with Crippen molar-refractivity contribution in [1.29, 1.82) is 0 Å². The Hall–Kier alpha value is -0.450. The highest BCUT2D eigenvalue weighted by Crippen LogP contribution is 2.35. The molecule has 1 aromatic rings. The van der Waals surface area contributed by atoms with Gasteiger partial charge in [0.15, 0.2) is 0 Å². The van der Waals surface area contributed by atoms with Crippen LogP contribution in [0.4, 0.5) is 4.39 Å². The van der Waals surface area contributed by atoms with Crippen molar-refractivity contribution in [1.82, 2.24) is 4.90 Å². The summed E-state index contributed by atoms with van der Waals surface area (Å²) in [6.07, 6.45) is 0.950. The second-order valence-corrected chi connectivity index (χ2v) is 5.37. The molecule has 1 fully saturated rings. The molecule has 0 radical (unpaired) electrons. The van der Waals surface area contributed by atoms with E-state index in [2.05, 4.69) is 20.8 Å². The zero-order valence-electron chi connectivity index (χ0n) is 9.29. The lowest BCUT2D eigenvalue weighted by atomic mass is 9.99. The number of benzene rings is 1. The van der Waals surface area contributed by atoms with Gasteiger partial charge in [-0.3, -0.25) is 4.90 Å². The Balaban J connectivity index is 2.24. The Labute approximate surface area is 104 Å². The Morgan fingerprint density at radius 3 is 2.88 bits per heavy atom. The molecule has 2 atom stereocenters. The topological polar surface area (TPSA) is 29.3 Å². The first-order valence-corrected chi connectivity index (χ1v) is 6.26. The van der Waals surface area contributed by atoms with Gasteiger partial charge in [0.2, 0.25) is 0 Å². The maximum atomic E-state index is 13.8. The highest BCUT2D eigenvalue weighted by atomic mass is 79.9. The summed E-state index contributed by atoms with van der Waals surface area (Å²) in [6.45, 7) is 1.63. The van der Waals surface area contributed by atoms with Crippen LogP contribution in [0.1, 0.15) is 18.0 Å². The predicted octanol–water partition coefficient (Wildman–Crippen LogP) is 2.54. The number of nitrogens with two attached hydrogens (primary N) is 1. The zero-order valence-corrected chi connectivity index (χ0v) is 10.9. The fourth-order valence-corrected chi connectivity index (χ4v) is 2.74. The molecule has 2 nitrogen and oxygen atoms in total. The van der Waals surface area contributed by atoms with E-state index in [4.69, 9.17) is 5.73 Å². The molecule has 0 amide bonds. The number of hydrogen-bond acceptors (Lipinski definition) is 2. The van der Waals surface area contributed by atoms with Gasteiger partial charge in [0.1, 0.15) is 5.82 Å². The molecule has 0 bridgehead atoms. The number of nitrogens with zero attached hydrogens (tertiary/aromatic N) is 1. The van der Waals surface area contributed by atoms with Crippen LogP contribution in [0.5, 0.6) is 0 Å². The summed E-state index contributed by atoms with van der Waals surface area (Å²) in [6, 6.07) is 5.45. The third kappa shape index (κ3) is 2.29. The molecule has 0 aliphatic carbocycles. The molecule has 1 aromatic carbocycles. The first kappa shape index (κ1) is 12.0. The molecule has 1 aliphatic heterocycles. The quantitative estimate of drug-likeness (QED) is 0.905. The van der Waals surface area contributed by atoms with E-state index in [9.17, 15) is 4.39 Å². The molecule has 0 aromatic heterocycles. The maximum Gasteiger partial charge on any atom is 0.129 e. The summed E-state index contributed by atoms with van der Waals surface area (Å²) in [4.78, 5) is 2.18. The molecule has 1 aliphatic rings. The van der Waals surface area contributed by atoms with Crippen molar-refractivity contribution in [2.24, 2.45) is 11.7 Å². The number of rotatable bonds is 2. The Morgan fingerprint density at radius 2 is 2.31 bits per heavy atom. The van der Waals surface area contributed by atoms with E-state index < -0.39 is 0 Å². The van der Waals surface area contributed by atoms with E-state index in [0.717, 1.165) is 23.0 Å². The van der Waals surface area contributed by atoms with Crippen LogP contribution in [0.25, 0.3) is 0 Å². The van der Waals surface area contributed by atoms with Gasteiger partial charge in [0.05, 0.1) is 0 Å². The molecule has 16 heavy (non-hydrogen) atoms. The molecule has 2 unspecified atom stereocenters. The lowest BCUT2D eigenvalue weighted by molar-refractivity contribution is 0.307. The SMILES string of the molecule is CN1CC(CN)CC1c1ccc(Br)cc1F. The molecule has 1 heterocycles. The molecule has 0 spiro atoms. The van der Waals surface area contributed by atoms with Crippen LogP contribution in [0.15, 0.2) is 22.7 Å². The van der Waals surface area contributed by atoms with Gasteiger partial charge >= 0.3 is 0 Å². The van der Waals surface area contributed by atoms with Gasteiger partial charge in [-0.2, -0.15) is 0 Å². The average Bonchev–Trinajstić information content (AvgIpc) is 2.60. The fraction of sp³-hybridized carbons (Fsp3) is 0.500. The van der Waals surface area contributed by atoms with E-state index in [-0.39, 0.29) is 11.9 Å². The van der Waals surface area contributed by atoms with Crippen LogP contribution < -0.4 is 5.73 Å². The Kier molecular flexibility index (Phi) is 3.62. The standard InChI is InChI=1S/C12H16BrFN2/c1-16-7-8(6-15)4-12(16)10-3-2-9(13)5-11(10)14/h2-3,5,8,12H,4,6-7,15H2,1H3. The van der Waals surface area contributed by atoms with Crippen molar-refractivity contribution in [2.75, 3.05) is 20.1 Å². The monoisotopic (exact) mass is 286 g/mol. The molecule has 88 valence electrons. The van der Waals surface area contributed by atoms with Gasteiger partial charge in [-0.15, -0.1) is 0 Å². The normalized spacial score (nSPS) is 26.2. The highest BCUT2D eigenvalue weighted by molar-refractivity contribution is 9.10. The smallest absolute Gasteiger partial charge is 0.129 e. The predicted molar refractivity (Wildman–Crippen MR) is 66.6 cm³/mol. The molecular weight excluding hydrogens is 271 g/mol. The highest BCUT2D eigenvalue weighted by Gasteiger charge is 2.31. The summed E-state index contributed by atoms with van der Waals surface area (Å²) < 4.78 is 14.6. The van der Waals surface area contributed by atoms with E-state index in [1.54, 1.807) is 0 Å². The van der Waals surface area contributed by atoms with Crippen LogP contribution in [-0.4, -0.2) is 25.0 Å². The second-order valence-electron chi connectivity index (χ2n) is 4.46. The van der Waals surface area contributed by atoms with E-state index >= 15 is 0 Å². The van der Waals surface area contributed by atoms with Crippen molar-refractivity contribution >= 4 is 15.9 Å². The minimum atomic E-state index is -0.135. The van der Waals surface area contributed by atoms with E-state index in [1.807, 2.05) is 19.2 Å². The van der Waals surface area contributed by atoms with Gasteiger partial charge < -0.3 is 5.73 Å². The number of hydrogen-bond donors (Lipinski definition) is 1. The largest absolute Gasteiger partial charge is 0.330 e. The van der Waals surface area contributed by atoms with Crippen molar-refractivity contribution in [3.05, 3.63) is 34.1 Å². The van der Waals surface area contributed by atoms with Crippen molar-refractivity contribution in [3.63, 3.8) is 0 Å². The van der Waals surface area contributed by atoms with Crippen molar-refractivity contribution < 1.29 is 4.39 Å². The first-order valence-electron chi connectivity index (χ1n) is 5.47. The molecular formula is C12H16BrFN2. The molecule has 4 heteroatoms. The average molecular weight is 287 g/mol.